The smallest absolute Gasteiger partial charge is 0.306 e. The third-order valence-electron chi connectivity index (χ3n) is 5.29. The number of esters is 1. The number of ether oxygens (including phenoxy) is 1. The first-order valence-corrected chi connectivity index (χ1v) is 10.2. The zero-order valence-corrected chi connectivity index (χ0v) is 17.7. The minimum Gasteiger partial charge on any atom is -0.467 e. The van der Waals surface area contributed by atoms with Crippen LogP contribution in [0.3, 0.4) is 0 Å². The van der Waals surface area contributed by atoms with Crippen LogP contribution in [-0.2, 0) is 27.3 Å². The number of hydrogen-bond donors (Lipinski definition) is 1. The fourth-order valence-corrected chi connectivity index (χ4v) is 3.61. The van der Waals surface area contributed by atoms with Crippen LogP contribution in [0.5, 0.6) is 0 Å². The summed E-state index contributed by atoms with van der Waals surface area (Å²) in [6.07, 6.45) is 1.25. The van der Waals surface area contributed by atoms with Gasteiger partial charge in [0.2, 0.25) is 0 Å². The highest BCUT2D eigenvalue weighted by molar-refractivity contribution is 5.92. The SMILES string of the molecule is Cc1nc2c3ccccc3nn2c(C)c1CCC(=O)OC(C)C(=O)NCc1ccco1. The van der Waals surface area contributed by atoms with Gasteiger partial charge in [0, 0.05) is 23.2 Å². The van der Waals surface area contributed by atoms with Gasteiger partial charge in [-0.2, -0.15) is 5.10 Å². The third-order valence-corrected chi connectivity index (χ3v) is 5.29. The minimum absolute atomic E-state index is 0.144. The maximum absolute atomic E-state index is 12.3. The number of furan rings is 1. The van der Waals surface area contributed by atoms with Crippen molar-refractivity contribution >= 4 is 28.4 Å². The predicted molar refractivity (Wildman–Crippen MR) is 114 cm³/mol. The number of nitrogens with one attached hydrogen (secondary N) is 1. The molecule has 0 fully saturated rings. The summed E-state index contributed by atoms with van der Waals surface area (Å²) in [6.45, 7) is 5.70. The van der Waals surface area contributed by atoms with Gasteiger partial charge in [-0.15, -0.1) is 0 Å². The van der Waals surface area contributed by atoms with E-state index in [-0.39, 0.29) is 18.9 Å². The summed E-state index contributed by atoms with van der Waals surface area (Å²) in [6, 6.07) is 11.4. The van der Waals surface area contributed by atoms with Gasteiger partial charge in [-0.05, 0) is 57.0 Å². The van der Waals surface area contributed by atoms with E-state index in [1.165, 1.54) is 6.26 Å². The van der Waals surface area contributed by atoms with Crippen molar-refractivity contribution in [2.45, 2.75) is 46.3 Å². The Morgan fingerprint density at radius 2 is 2.00 bits per heavy atom. The highest BCUT2D eigenvalue weighted by Gasteiger charge is 2.19. The molecule has 0 radical (unpaired) electrons. The average molecular weight is 420 g/mol. The molecule has 1 aromatic carbocycles. The fraction of sp³-hybridized carbons (Fsp3) is 0.304. The number of hydrogen-bond acceptors (Lipinski definition) is 6. The van der Waals surface area contributed by atoms with Gasteiger partial charge in [-0.3, -0.25) is 9.59 Å². The van der Waals surface area contributed by atoms with Gasteiger partial charge >= 0.3 is 5.97 Å². The number of carbonyl (C=O) groups is 2. The van der Waals surface area contributed by atoms with Crippen LogP contribution in [0, 0.1) is 13.8 Å². The molecule has 1 amide bonds. The molecule has 0 bridgehead atoms. The number of benzene rings is 1. The molecule has 0 aliphatic rings. The Morgan fingerprint density at radius 3 is 2.77 bits per heavy atom. The van der Waals surface area contributed by atoms with Gasteiger partial charge in [-0.25, -0.2) is 9.50 Å². The summed E-state index contributed by atoms with van der Waals surface area (Å²) < 4.78 is 12.3. The van der Waals surface area contributed by atoms with Gasteiger partial charge in [0.05, 0.1) is 18.3 Å². The lowest BCUT2D eigenvalue weighted by Gasteiger charge is -2.14. The van der Waals surface area contributed by atoms with Gasteiger partial charge in [0.25, 0.3) is 5.91 Å². The highest BCUT2D eigenvalue weighted by atomic mass is 16.5. The van der Waals surface area contributed by atoms with Crippen LogP contribution >= 0.6 is 0 Å². The molecule has 160 valence electrons. The van der Waals surface area contributed by atoms with Crippen molar-refractivity contribution < 1.29 is 18.7 Å². The third kappa shape index (κ3) is 4.28. The summed E-state index contributed by atoms with van der Waals surface area (Å²) in [5.41, 5.74) is 4.43. The molecule has 8 heteroatoms. The Morgan fingerprint density at radius 1 is 1.19 bits per heavy atom. The molecule has 3 aromatic heterocycles. The molecule has 0 saturated carbocycles. The van der Waals surface area contributed by atoms with Crippen molar-refractivity contribution in [2.24, 2.45) is 0 Å². The van der Waals surface area contributed by atoms with Crippen LogP contribution in [0.2, 0.25) is 0 Å². The van der Waals surface area contributed by atoms with Crippen molar-refractivity contribution in [1.29, 1.82) is 0 Å². The molecule has 1 unspecified atom stereocenters. The number of amides is 1. The van der Waals surface area contributed by atoms with Gasteiger partial charge < -0.3 is 14.5 Å². The maximum Gasteiger partial charge on any atom is 0.306 e. The lowest BCUT2D eigenvalue weighted by Crippen LogP contribution is -2.35. The van der Waals surface area contributed by atoms with E-state index in [2.05, 4.69) is 10.4 Å². The maximum atomic E-state index is 12.3. The van der Waals surface area contributed by atoms with E-state index in [0.717, 1.165) is 33.5 Å². The topological polar surface area (TPSA) is 98.7 Å². The summed E-state index contributed by atoms with van der Waals surface area (Å²) in [5, 5.41) is 8.31. The summed E-state index contributed by atoms with van der Waals surface area (Å²) >= 11 is 0. The van der Waals surface area contributed by atoms with Gasteiger partial charge in [0.15, 0.2) is 11.8 Å². The van der Waals surface area contributed by atoms with Crippen LogP contribution < -0.4 is 5.32 Å². The molecular weight excluding hydrogens is 396 g/mol. The molecule has 0 spiro atoms. The van der Waals surface area contributed by atoms with Gasteiger partial charge in [-0.1, -0.05) is 12.1 Å². The first-order chi connectivity index (χ1) is 14.9. The number of aromatic nitrogens is 3. The number of fused-ring (bicyclic) bond motifs is 3. The van der Waals surface area contributed by atoms with E-state index in [0.29, 0.717) is 12.2 Å². The second-order valence-corrected chi connectivity index (χ2v) is 7.44. The monoisotopic (exact) mass is 420 g/mol. The first kappa shape index (κ1) is 20.6. The lowest BCUT2D eigenvalue weighted by molar-refractivity contribution is -0.154. The summed E-state index contributed by atoms with van der Waals surface area (Å²) in [7, 11) is 0. The Hall–Kier alpha value is -3.68. The number of nitrogens with zero attached hydrogens (tertiary/aromatic N) is 3. The van der Waals surface area contributed by atoms with E-state index in [1.54, 1.807) is 19.1 Å². The van der Waals surface area contributed by atoms with Crippen LogP contribution in [0.1, 0.15) is 36.1 Å². The Bertz CT molecular complexity index is 1240. The summed E-state index contributed by atoms with van der Waals surface area (Å²) in [4.78, 5) is 29.2. The summed E-state index contributed by atoms with van der Waals surface area (Å²) in [5.74, 6) is -0.180. The molecule has 4 rings (SSSR count). The quantitative estimate of drug-likeness (QED) is 0.461. The van der Waals surface area contributed by atoms with Crippen LogP contribution in [-0.4, -0.2) is 32.6 Å². The van der Waals surface area contributed by atoms with Crippen molar-refractivity contribution in [3.05, 3.63) is 65.4 Å². The highest BCUT2D eigenvalue weighted by Crippen LogP contribution is 2.23. The van der Waals surface area contributed by atoms with Crippen molar-refractivity contribution in [3.8, 4) is 0 Å². The second-order valence-electron chi connectivity index (χ2n) is 7.44. The van der Waals surface area contributed by atoms with Crippen molar-refractivity contribution in [2.75, 3.05) is 0 Å². The number of rotatable bonds is 7. The lowest BCUT2D eigenvalue weighted by atomic mass is 10.1. The molecule has 0 aliphatic carbocycles. The van der Waals surface area contributed by atoms with Gasteiger partial charge in [0.1, 0.15) is 5.76 Å². The van der Waals surface area contributed by atoms with Crippen molar-refractivity contribution in [1.82, 2.24) is 19.9 Å². The normalized spacial score (nSPS) is 12.2. The largest absolute Gasteiger partial charge is 0.467 e. The number of carbonyl (C=O) groups excluding carboxylic acids is 2. The van der Waals surface area contributed by atoms with Crippen LogP contribution in [0.15, 0.2) is 47.1 Å². The fourth-order valence-electron chi connectivity index (χ4n) is 3.61. The molecular formula is C23H24N4O4. The van der Waals surface area contributed by atoms with Crippen LogP contribution in [0.4, 0.5) is 0 Å². The molecule has 3 heterocycles. The van der Waals surface area contributed by atoms with E-state index in [1.807, 2.05) is 42.6 Å². The molecule has 31 heavy (non-hydrogen) atoms. The van der Waals surface area contributed by atoms with Crippen LogP contribution in [0.25, 0.3) is 16.6 Å². The molecule has 0 saturated heterocycles. The molecule has 4 aromatic rings. The second kappa shape index (κ2) is 8.59. The Labute approximate surface area is 179 Å². The molecule has 0 aliphatic heterocycles. The molecule has 1 atom stereocenters. The van der Waals surface area contributed by atoms with E-state index in [4.69, 9.17) is 14.1 Å². The number of aryl methyl sites for hydroxylation is 2. The van der Waals surface area contributed by atoms with E-state index in [9.17, 15) is 9.59 Å². The first-order valence-electron chi connectivity index (χ1n) is 10.2. The van der Waals surface area contributed by atoms with Crippen molar-refractivity contribution in [3.63, 3.8) is 0 Å². The molecule has 1 N–H and O–H groups in total. The van der Waals surface area contributed by atoms with E-state index >= 15 is 0 Å². The van der Waals surface area contributed by atoms with E-state index < -0.39 is 12.1 Å². The Balaban J connectivity index is 1.39. The Kier molecular flexibility index (Phi) is 5.70. The predicted octanol–water partition coefficient (Wildman–Crippen LogP) is 3.27. The average Bonchev–Trinajstić information content (AvgIpc) is 3.40. The zero-order valence-electron chi connectivity index (χ0n) is 17.7. The molecule has 8 nitrogen and oxygen atoms in total. The minimum atomic E-state index is -0.887. The zero-order chi connectivity index (χ0) is 22.0. The standard InChI is InChI=1S/C23H24N4O4/c1-14-18(15(2)27-22(25-14)19-8-4-5-9-20(19)26-27)10-11-21(28)31-16(3)23(29)24-13-17-7-6-12-30-17/h4-9,12,16H,10-11,13H2,1-3H3,(H,24,29).